The van der Waals surface area contributed by atoms with E-state index in [0.29, 0.717) is 5.25 Å². The smallest absolute Gasteiger partial charge is 0.0187 e. The van der Waals surface area contributed by atoms with Crippen LogP contribution in [0, 0.1) is 11.8 Å². The summed E-state index contributed by atoms with van der Waals surface area (Å²) >= 11 is 2.05. The number of hydrogen-bond acceptors (Lipinski definition) is 1. The van der Waals surface area contributed by atoms with Crippen molar-refractivity contribution in [3.63, 3.8) is 0 Å². The molecule has 21 heavy (non-hydrogen) atoms. The molecule has 0 saturated heterocycles. The first-order valence-corrected chi connectivity index (χ1v) is 9.65. The van der Waals surface area contributed by atoms with Crippen LogP contribution in [0.4, 0.5) is 0 Å². The number of aryl methyl sites for hydroxylation is 2. The molecule has 120 valence electrons. The van der Waals surface area contributed by atoms with Crippen LogP contribution in [-0.2, 0) is 18.6 Å². The molecule has 0 aromatic heterocycles. The van der Waals surface area contributed by atoms with Crippen molar-refractivity contribution in [3.05, 3.63) is 34.9 Å². The molecular formula is C20H34S. The van der Waals surface area contributed by atoms with Crippen molar-refractivity contribution < 1.29 is 0 Å². The molecule has 0 spiro atoms. The number of thioether (sulfide) groups is 1. The lowest BCUT2D eigenvalue weighted by Gasteiger charge is -2.13. The van der Waals surface area contributed by atoms with E-state index in [9.17, 15) is 0 Å². The van der Waals surface area contributed by atoms with Crippen molar-refractivity contribution in [2.24, 2.45) is 11.8 Å². The summed E-state index contributed by atoms with van der Waals surface area (Å²) in [6.45, 7) is 13.8. The first-order valence-electron chi connectivity index (χ1n) is 8.60. The van der Waals surface area contributed by atoms with E-state index in [-0.39, 0.29) is 0 Å². The van der Waals surface area contributed by atoms with E-state index in [4.69, 9.17) is 0 Å². The van der Waals surface area contributed by atoms with E-state index in [2.05, 4.69) is 71.5 Å². The topological polar surface area (TPSA) is 0 Å². The molecule has 0 radical (unpaired) electrons. The zero-order valence-corrected chi connectivity index (χ0v) is 15.7. The summed E-state index contributed by atoms with van der Waals surface area (Å²) in [5, 5.41) is 0.712. The van der Waals surface area contributed by atoms with Crippen molar-refractivity contribution in [3.8, 4) is 0 Å². The first kappa shape index (κ1) is 18.6. The van der Waals surface area contributed by atoms with Crippen molar-refractivity contribution in [2.75, 3.05) is 0 Å². The third-order valence-corrected chi connectivity index (χ3v) is 4.88. The summed E-state index contributed by atoms with van der Waals surface area (Å²) in [5.74, 6) is 2.73. The fourth-order valence-corrected chi connectivity index (χ4v) is 3.08. The van der Waals surface area contributed by atoms with Crippen molar-refractivity contribution in [1.29, 1.82) is 0 Å². The minimum absolute atomic E-state index is 0.712. The van der Waals surface area contributed by atoms with E-state index >= 15 is 0 Å². The molecule has 0 heterocycles. The monoisotopic (exact) mass is 306 g/mol. The van der Waals surface area contributed by atoms with Gasteiger partial charge in [0.05, 0.1) is 0 Å². The van der Waals surface area contributed by atoms with Crippen LogP contribution in [0.5, 0.6) is 0 Å². The van der Waals surface area contributed by atoms with Gasteiger partial charge in [0.2, 0.25) is 0 Å². The molecule has 0 nitrogen and oxygen atoms in total. The van der Waals surface area contributed by atoms with Crippen LogP contribution < -0.4 is 0 Å². The van der Waals surface area contributed by atoms with Gasteiger partial charge < -0.3 is 0 Å². The molecule has 0 aliphatic heterocycles. The molecule has 0 bridgehead atoms. The van der Waals surface area contributed by atoms with Crippen LogP contribution in [0.3, 0.4) is 0 Å². The molecule has 1 rings (SSSR count). The summed E-state index contributed by atoms with van der Waals surface area (Å²) in [5.41, 5.74) is 4.61. The summed E-state index contributed by atoms with van der Waals surface area (Å²) in [7, 11) is 0. The Labute approximate surface area is 137 Å². The van der Waals surface area contributed by atoms with Gasteiger partial charge in [0.25, 0.3) is 0 Å². The van der Waals surface area contributed by atoms with Gasteiger partial charge in [0.15, 0.2) is 0 Å². The van der Waals surface area contributed by atoms with Gasteiger partial charge in [0, 0.05) is 5.75 Å². The van der Waals surface area contributed by atoms with E-state index in [1.807, 2.05) is 0 Å². The summed E-state index contributed by atoms with van der Waals surface area (Å²) in [6.07, 6.45) is 5.05. The molecule has 0 atom stereocenters. The third-order valence-electron chi connectivity index (χ3n) is 3.72. The highest BCUT2D eigenvalue weighted by atomic mass is 32.2. The van der Waals surface area contributed by atoms with Gasteiger partial charge in [0.1, 0.15) is 0 Å². The van der Waals surface area contributed by atoms with Crippen LogP contribution in [0.25, 0.3) is 0 Å². The number of hydrogen-bond donors (Lipinski definition) is 0. The second kappa shape index (κ2) is 9.56. The van der Waals surface area contributed by atoms with Gasteiger partial charge >= 0.3 is 0 Å². The Morgan fingerprint density at radius 3 is 1.52 bits per heavy atom. The Kier molecular flexibility index (Phi) is 8.48. The van der Waals surface area contributed by atoms with Gasteiger partial charge in [-0.05, 0) is 59.5 Å². The van der Waals surface area contributed by atoms with Crippen molar-refractivity contribution in [2.45, 2.75) is 78.2 Å². The highest BCUT2D eigenvalue weighted by molar-refractivity contribution is 7.99. The molecular weight excluding hydrogens is 272 g/mol. The fourth-order valence-electron chi connectivity index (χ4n) is 2.38. The lowest BCUT2D eigenvalue weighted by atomic mass is 9.96. The zero-order valence-electron chi connectivity index (χ0n) is 14.9. The molecule has 0 aliphatic carbocycles. The predicted molar refractivity (Wildman–Crippen MR) is 99.2 cm³/mol. The average molecular weight is 307 g/mol. The molecule has 0 amide bonds. The van der Waals surface area contributed by atoms with Crippen molar-refractivity contribution >= 4 is 11.8 Å². The van der Waals surface area contributed by atoms with Crippen LogP contribution in [0.15, 0.2) is 18.2 Å². The van der Waals surface area contributed by atoms with E-state index in [1.165, 1.54) is 31.2 Å². The summed E-state index contributed by atoms with van der Waals surface area (Å²) in [4.78, 5) is 0. The maximum atomic E-state index is 2.45. The Balaban J connectivity index is 2.79. The van der Waals surface area contributed by atoms with Crippen LogP contribution >= 0.6 is 11.8 Å². The van der Waals surface area contributed by atoms with E-state index < -0.39 is 0 Å². The van der Waals surface area contributed by atoms with Gasteiger partial charge in [-0.2, -0.15) is 11.8 Å². The van der Waals surface area contributed by atoms with Gasteiger partial charge in [-0.15, -0.1) is 0 Å². The second-order valence-corrected chi connectivity index (χ2v) is 8.95. The second-order valence-electron chi connectivity index (χ2n) is 7.38. The number of rotatable bonds is 9. The maximum Gasteiger partial charge on any atom is 0.0187 e. The third kappa shape index (κ3) is 8.56. The fraction of sp³-hybridized carbons (Fsp3) is 0.700. The largest absolute Gasteiger partial charge is 0.154 e. The first-order chi connectivity index (χ1) is 9.86. The Morgan fingerprint density at radius 1 is 0.714 bits per heavy atom. The lowest BCUT2D eigenvalue weighted by molar-refractivity contribution is 0.581. The highest BCUT2D eigenvalue weighted by Crippen LogP contribution is 2.22. The Bertz CT molecular complexity index is 330. The zero-order chi connectivity index (χ0) is 15.8. The standard InChI is InChI=1S/C20H34S/c1-15(2)7-9-18-11-19(10-8-16(3)4)13-20(12-18)14-21-17(5)6/h11-13,15-17H,7-10,14H2,1-6H3. The van der Waals surface area contributed by atoms with E-state index in [0.717, 1.165) is 17.6 Å². The minimum atomic E-state index is 0.712. The quantitative estimate of drug-likeness (QED) is 0.501. The Hall–Kier alpha value is -0.430. The van der Waals surface area contributed by atoms with Gasteiger partial charge in [-0.3, -0.25) is 0 Å². The molecule has 0 unspecified atom stereocenters. The van der Waals surface area contributed by atoms with Crippen molar-refractivity contribution in [1.82, 2.24) is 0 Å². The summed E-state index contributed by atoms with van der Waals surface area (Å²) in [6, 6.07) is 7.33. The normalized spacial score (nSPS) is 11.9. The van der Waals surface area contributed by atoms with Crippen LogP contribution in [-0.4, -0.2) is 5.25 Å². The van der Waals surface area contributed by atoms with Gasteiger partial charge in [-0.1, -0.05) is 59.7 Å². The number of benzene rings is 1. The average Bonchev–Trinajstić information content (AvgIpc) is 2.40. The van der Waals surface area contributed by atoms with E-state index in [1.54, 1.807) is 11.1 Å². The molecule has 0 fully saturated rings. The highest BCUT2D eigenvalue weighted by Gasteiger charge is 2.05. The molecule has 1 aromatic rings. The lowest BCUT2D eigenvalue weighted by Crippen LogP contribution is -1.99. The van der Waals surface area contributed by atoms with Gasteiger partial charge in [-0.25, -0.2) is 0 Å². The Morgan fingerprint density at radius 2 is 1.14 bits per heavy atom. The molecule has 0 N–H and O–H groups in total. The molecule has 1 heteroatoms. The molecule has 0 aliphatic rings. The minimum Gasteiger partial charge on any atom is -0.154 e. The summed E-state index contributed by atoms with van der Waals surface area (Å²) < 4.78 is 0. The molecule has 1 aromatic carbocycles. The molecule has 0 saturated carbocycles. The van der Waals surface area contributed by atoms with Crippen LogP contribution in [0.2, 0.25) is 0 Å². The van der Waals surface area contributed by atoms with Crippen LogP contribution in [0.1, 0.15) is 71.1 Å². The maximum absolute atomic E-state index is 2.45. The predicted octanol–water partition coefficient (Wildman–Crippen LogP) is 6.51. The SMILES string of the molecule is CC(C)CCc1cc(CCC(C)C)cc(CSC(C)C)c1.